The normalized spacial score (nSPS) is 12.7. The van der Waals surface area contributed by atoms with Crippen molar-refractivity contribution in [3.8, 4) is 5.69 Å². The molecule has 0 saturated carbocycles. The first kappa shape index (κ1) is 11.5. The van der Waals surface area contributed by atoms with E-state index in [9.17, 15) is 0 Å². The predicted molar refractivity (Wildman–Crippen MR) is 69.3 cm³/mol. The second-order valence-electron chi connectivity index (χ2n) is 3.44. The summed E-state index contributed by atoms with van der Waals surface area (Å²) in [5.41, 5.74) is 0.975. The molecule has 0 aliphatic carbocycles. The van der Waals surface area contributed by atoms with Gasteiger partial charge in [-0.25, -0.2) is 0 Å². The molecule has 84 valence electrons. The third kappa shape index (κ3) is 2.22. The molecular weight excluding hydrogens is 317 g/mol. The van der Waals surface area contributed by atoms with Crippen LogP contribution >= 0.6 is 22.6 Å². The van der Waals surface area contributed by atoms with E-state index in [1.165, 1.54) is 3.57 Å². The zero-order chi connectivity index (χ0) is 11.5. The van der Waals surface area contributed by atoms with E-state index in [-0.39, 0.29) is 6.04 Å². The molecule has 0 amide bonds. The third-order valence-corrected chi connectivity index (χ3v) is 3.10. The molecule has 6 heteroatoms. The Bertz CT molecular complexity index is 464. The van der Waals surface area contributed by atoms with Crippen LogP contribution in [0.4, 0.5) is 0 Å². The van der Waals surface area contributed by atoms with Crippen LogP contribution in [0.1, 0.15) is 18.8 Å². The van der Waals surface area contributed by atoms with Gasteiger partial charge in [0.05, 0.1) is 11.7 Å². The van der Waals surface area contributed by atoms with Gasteiger partial charge in [-0.2, -0.15) is 4.68 Å². The summed E-state index contributed by atoms with van der Waals surface area (Å²) in [6, 6.07) is 8.19. The molecular formula is C10H12IN5. The maximum atomic E-state index is 4.02. The number of nitrogens with zero attached hydrogens (tertiary/aromatic N) is 4. The first-order valence-electron chi connectivity index (χ1n) is 4.94. The number of halogens is 1. The molecule has 0 fully saturated rings. The monoisotopic (exact) mass is 329 g/mol. The second-order valence-corrected chi connectivity index (χ2v) is 4.68. The van der Waals surface area contributed by atoms with E-state index in [0.717, 1.165) is 11.5 Å². The molecule has 1 aromatic carbocycles. The highest BCUT2D eigenvalue weighted by atomic mass is 127. The Hall–Kier alpha value is -1.02. The Kier molecular flexibility index (Phi) is 3.49. The molecule has 1 atom stereocenters. The van der Waals surface area contributed by atoms with Crippen LogP contribution in [0.5, 0.6) is 0 Å². The van der Waals surface area contributed by atoms with E-state index >= 15 is 0 Å². The van der Waals surface area contributed by atoms with Crippen molar-refractivity contribution in [1.29, 1.82) is 0 Å². The average molecular weight is 329 g/mol. The highest BCUT2D eigenvalue weighted by Crippen LogP contribution is 2.14. The number of rotatable bonds is 3. The molecule has 1 N–H and O–H groups in total. The fourth-order valence-corrected chi connectivity index (χ4v) is 1.72. The van der Waals surface area contributed by atoms with Gasteiger partial charge in [0.1, 0.15) is 0 Å². The van der Waals surface area contributed by atoms with Crippen LogP contribution in [0.2, 0.25) is 0 Å². The summed E-state index contributed by atoms with van der Waals surface area (Å²) in [7, 11) is 1.89. The molecule has 0 aliphatic rings. The first-order chi connectivity index (χ1) is 7.72. The number of hydrogen-bond donors (Lipinski definition) is 1. The largest absolute Gasteiger partial charge is 0.311 e. The summed E-state index contributed by atoms with van der Waals surface area (Å²) < 4.78 is 2.94. The maximum absolute atomic E-state index is 4.02. The lowest BCUT2D eigenvalue weighted by Crippen LogP contribution is -2.17. The van der Waals surface area contributed by atoms with Gasteiger partial charge in [0.2, 0.25) is 0 Å². The van der Waals surface area contributed by atoms with Gasteiger partial charge in [0.15, 0.2) is 5.82 Å². The van der Waals surface area contributed by atoms with E-state index in [2.05, 4.69) is 43.4 Å². The fraction of sp³-hybridized carbons (Fsp3) is 0.300. The Labute approximate surface area is 107 Å². The van der Waals surface area contributed by atoms with Gasteiger partial charge in [0, 0.05) is 3.57 Å². The third-order valence-electron chi connectivity index (χ3n) is 2.39. The molecule has 0 radical (unpaired) electrons. The number of nitrogens with one attached hydrogen (secondary N) is 1. The van der Waals surface area contributed by atoms with E-state index in [0.29, 0.717) is 0 Å². The molecule has 2 rings (SSSR count). The van der Waals surface area contributed by atoms with Crippen LogP contribution in [0.15, 0.2) is 24.3 Å². The SMILES string of the molecule is CNC(C)c1nnnn1-c1ccc(I)cc1. The fourth-order valence-electron chi connectivity index (χ4n) is 1.36. The minimum Gasteiger partial charge on any atom is -0.311 e. The van der Waals surface area contributed by atoms with Gasteiger partial charge in [0.25, 0.3) is 0 Å². The minimum atomic E-state index is 0.120. The maximum Gasteiger partial charge on any atom is 0.173 e. The minimum absolute atomic E-state index is 0.120. The first-order valence-corrected chi connectivity index (χ1v) is 6.01. The van der Waals surface area contributed by atoms with E-state index in [1.807, 2.05) is 38.2 Å². The summed E-state index contributed by atoms with van der Waals surface area (Å²) in [4.78, 5) is 0. The molecule has 0 saturated heterocycles. The van der Waals surface area contributed by atoms with E-state index < -0.39 is 0 Å². The predicted octanol–water partition coefficient (Wildman–Crippen LogP) is 1.55. The molecule has 1 unspecified atom stereocenters. The topological polar surface area (TPSA) is 55.6 Å². The summed E-state index contributed by atoms with van der Waals surface area (Å²) in [6.45, 7) is 2.02. The smallest absolute Gasteiger partial charge is 0.173 e. The second kappa shape index (κ2) is 4.88. The highest BCUT2D eigenvalue weighted by molar-refractivity contribution is 14.1. The number of tetrazole rings is 1. The van der Waals surface area contributed by atoms with Crippen molar-refractivity contribution in [2.45, 2.75) is 13.0 Å². The van der Waals surface area contributed by atoms with Crippen LogP contribution in [0.25, 0.3) is 5.69 Å². The standard InChI is InChI=1S/C10H12IN5/c1-7(12-2)10-13-14-15-16(10)9-5-3-8(11)4-6-9/h3-7,12H,1-2H3. The molecule has 0 aliphatic heterocycles. The van der Waals surface area contributed by atoms with E-state index in [4.69, 9.17) is 0 Å². The van der Waals surface area contributed by atoms with Crippen LogP contribution in [0, 0.1) is 3.57 Å². The molecule has 1 heterocycles. The van der Waals surface area contributed by atoms with Crippen molar-refractivity contribution in [3.05, 3.63) is 33.7 Å². The number of aromatic nitrogens is 4. The van der Waals surface area contributed by atoms with Crippen LogP contribution in [-0.4, -0.2) is 27.3 Å². The van der Waals surface area contributed by atoms with Gasteiger partial charge in [-0.1, -0.05) is 0 Å². The number of hydrogen-bond acceptors (Lipinski definition) is 4. The van der Waals surface area contributed by atoms with Crippen LogP contribution in [-0.2, 0) is 0 Å². The molecule has 2 aromatic rings. The quantitative estimate of drug-likeness (QED) is 0.868. The molecule has 1 aromatic heterocycles. The van der Waals surface area contributed by atoms with Gasteiger partial charge < -0.3 is 5.32 Å². The van der Waals surface area contributed by atoms with Crippen LogP contribution < -0.4 is 5.32 Å². The van der Waals surface area contributed by atoms with Crippen molar-refractivity contribution in [3.63, 3.8) is 0 Å². The molecule has 16 heavy (non-hydrogen) atoms. The van der Waals surface area contributed by atoms with Crippen molar-refractivity contribution < 1.29 is 0 Å². The summed E-state index contributed by atoms with van der Waals surface area (Å²) in [5, 5.41) is 14.9. The van der Waals surface area contributed by atoms with Gasteiger partial charge in [-0.15, -0.1) is 5.10 Å². The number of benzene rings is 1. The lowest BCUT2D eigenvalue weighted by Gasteiger charge is -2.10. The van der Waals surface area contributed by atoms with Gasteiger partial charge >= 0.3 is 0 Å². The zero-order valence-electron chi connectivity index (χ0n) is 9.05. The highest BCUT2D eigenvalue weighted by Gasteiger charge is 2.13. The average Bonchev–Trinajstić information content (AvgIpc) is 2.78. The molecule has 5 nitrogen and oxygen atoms in total. The lowest BCUT2D eigenvalue weighted by molar-refractivity contribution is 0.588. The van der Waals surface area contributed by atoms with Crippen molar-refractivity contribution in [1.82, 2.24) is 25.5 Å². The Morgan fingerprint density at radius 2 is 2.00 bits per heavy atom. The summed E-state index contributed by atoms with van der Waals surface area (Å²) in [6.07, 6.45) is 0. The molecule has 0 bridgehead atoms. The van der Waals surface area contributed by atoms with E-state index in [1.54, 1.807) is 4.68 Å². The van der Waals surface area contributed by atoms with Gasteiger partial charge in [-0.3, -0.25) is 0 Å². The Balaban J connectivity index is 2.40. The zero-order valence-corrected chi connectivity index (χ0v) is 11.2. The van der Waals surface area contributed by atoms with Crippen molar-refractivity contribution in [2.24, 2.45) is 0 Å². The Morgan fingerprint density at radius 1 is 1.31 bits per heavy atom. The van der Waals surface area contributed by atoms with Crippen molar-refractivity contribution >= 4 is 22.6 Å². The lowest BCUT2D eigenvalue weighted by atomic mass is 10.3. The Morgan fingerprint density at radius 3 is 2.62 bits per heavy atom. The van der Waals surface area contributed by atoms with Crippen molar-refractivity contribution in [2.75, 3.05) is 7.05 Å². The summed E-state index contributed by atoms with van der Waals surface area (Å²) in [5.74, 6) is 0.809. The summed E-state index contributed by atoms with van der Waals surface area (Å²) >= 11 is 2.27. The molecule has 0 spiro atoms. The van der Waals surface area contributed by atoms with Gasteiger partial charge in [-0.05, 0) is 71.3 Å². The van der Waals surface area contributed by atoms with Crippen LogP contribution in [0.3, 0.4) is 0 Å².